The molecule has 6 nitrogen and oxygen atoms in total. The highest BCUT2D eigenvalue weighted by Gasteiger charge is 2.18. The summed E-state index contributed by atoms with van der Waals surface area (Å²) in [5.41, 5.74) is 2.91. The number of fused-ring (bicyclic) bond motifs is 1. The fourth-order valence-corrected chi connectivity index (χ4v) is 3.23. The minimum absolute atomic E-state index is 0.217. The maximum absolute atomic E-state index is 12.6. The Kier molecular flexibility index (Phi) is 4.98. The number of carbonyl (C=O) groups excluding carboxylic acids is 1. The summed E-state index contributed by atoms with van der Waals surface area (Å²) in [4.78, 5) is 12.6. The van der Waals surface area contributed by atoms with Gasteiger partial charge in [0, 0.05) is 18.5 Å². The van der Waals surface area contributed by atoms with Gasteiger partial charge in [0.15, 0.2) is 11.5 Å². The zero-order chi connectivity index (χ0) is 18.6. The van der Waals surface area contributed by atoms with Gasteiger partial charge in [0.25, 0.3) is 5.91 Å². The topological polar surface area (TPSA) is 76.2 Å². The van der Waals surface area contributed by atoms with Crippen LogP contribution in [0.4, 0.5) is 0 Å². The molecule has 2 heterocycles. The summed E-state index contributed by atoms with van der Waals surface area (Å²) in [5, 5.41) is 10.3. The number of rotatable bonds is 4. The molecule has 1 aliphatic heterocycles. The van der Waals surface area contributed by atoms with Gasteiger partial charge < -0.3 is 14.8 Å². The first kappa shape index (κ1) is 17.4. The van der Waals surface area contributed by atoms with Gasteiger partial charge in [-0.2, -0.15) is 5.10 Å². The molecular weight excluding hydrogens is 366 g/mol. The molecule has 1 aromatic heterocycles. The van der Waals surface area contributed by atoms with Crippen molar-refractivity contribution >= 4 is 17.5 Å². The smallest absolute Gasteiger partial charge is 0.255 e. The van der Waals surface area contributed by atoms with E-state index in [9.17, 15) is 4.79 Å². The van der Waals surface area contributed by atoms with Crippen molar-refractivity contribution in [2.75, 3.05) is 13.2 Å². The lowest BCUT2D eigenvalue weighted by Crippen LogP contribution is -2.23. The Bertz CT molecular complexity index is 956. The molecule has 2 N–H and O–H groups in total. The summed E-state index contributed by atoms with van der Waals surface area (Å²) in [5.74, 6) is 0.953. The molecule has 3 aromatic rings. The number of halogens is 1. The summed E-state index contributed by atoms with van der Waals surface area (Å²) in [6.45, 7) is 1.47. The Hall–Kier alpha value is -2.99. The number of carbonyl (C=O) groups is 1. The second-order valence-corrected chi connectivity index (χ2v) is 6.57. The Labute approximate surface area is 161 Å². The summed E-state index contributed by atoms with van der Waals surface area (Å²) in [6.07, 6.45) is 2.33. The molecule has 0 bridgehead atoms. The third kappa shape index (κ3) is 3.75. The average Bonchev–Trinajstić information content (AvgIpc) is 3.06. The molecule has 1 amide bonds. The molecule has 0 fully saturated rings. The van der Waals surface area contributed by atoms with Crippen LogP contribution in [0.1, 0.15) is 22.3 Å². The Morgan fingerprint density at radius 1 is 1.19 bits per heavy atom. The van der Waals surface area contributed by atoms with Crippen molar-refractivity contribution in [1.29, 1.82) is 0 Å². The van der Waals surface area contributed by atoms with Crippen molar-refractivity contribution in [1.82, 2.24) is 15.5 Å². The van der Waals surface area contributed by atoms with E-state index in [1.54, 1.807) is 6.07 Å². The van der Waals surface area contributed by atoms with Gasteiger partial charge in [-0.3, -0.25) is 9.89 Å². The average molecular weight is 384 g/mol. The largest absolute Gasteiger partial charge is 0.489 e. The van der Waals surface area contributed by atoms with Crippen molar-refractivity contribution in [3.05, 3.63) is 64.8 Å². The van der Waals surface area contributed by atoms with Crippen molar-refractivity contribution in [2.45, 2.75) is 13.0 Å². The number of amides is 1. The number of hydrogen-bond donors (Lipinski definition) is 2. The first-order valence-corrected chi connectivity index (χ1v) is 9.05. The number of benzene rings is 2. The van der Waals surface area contributed by atoms with Crippen LogP contribution in [0, 0.1) is 0 Å². The molecule has 0 saturated carbocycles. The maximum atomic E-state index is 12.6. The number of hydrogen-bond acceptors (Lipinski definition) is 4. The quantitative estimate of drug-likeness (QED) is 0.718. The molecule has 2 aromatic carbocycles. The lowest BCUT2D eigenvalue weighted by atomic mass is 10.1. The van der Waals surface area contributed by atoms with Gasteiger partial charge in [-0.15, -0.1) is 0 Å². The molecule has 0 radical (unpaired) electrons. The van der Waals surface area contributed by atoms with Crippen LogP contribution in [0.3, 0.4) is 0 Å². The van der Waals surface area contributed by atoms with Crippen LogP contribution < -0.4 is 14.8 Å². The van der Waals surface area contributed by atoms with E-state index in [-0.39, 0.29) is 5.91 Å². The van der Waals surface area contributed by atoms with Gasteiger partial charge in [-0.1, -0.05) is 41.9 Å². The number of ether oxygens (including phenoxy) is 2. The Morgan fingerprint density at radius 2 is 2.00 bits per heavy atom. The highest BCUT2D eigenvalue weighted by molar-refractivity contribution is 6.32. The van der Waals surface area contributed by atoms with Crippen LogP contribution >= 0.6 is 11.6 Å². The molecule has 138 valence electrons. The zero-order valence-corrected chi connectivity index (χ0v) is 15.3. The van der Waals surface area contributed by atoms with Crippen LogP contribution in [0.2, 0.25) is 5.02 Å². The van der Waals surface area contributed by atoms with Crippen LogP contribution in [0.25, 0.3) is 11.3 Å². The normalized spacial score (nSPS) is 13.1. The second kappa shape index (κ2) is 7.72. The zero-order valence-electron chi connectivity index (χ0n) is 14.5. The standard InChI is InChI=1S/C20H18ClN3O3/c21-16-9-13(10-17-19(16)27-8-4-7-26-17)11-22-20(25)15-12-23-24-18(15)14-5-2-1-3-6-14/h1-3,5-6,9-10,12H,4,7-8,11H2,(H,22,25)(H,23,24). The molecular formula is C20H18ClN3O3. The lowest BCUT2D eigenvalue weighted by Gasteiger charge is -2.12. The highest BCUT2D eigenvalue weighted by Crippen LogP contribution is 2.38. The van der Waals surface area contributed by atoms with Gasteiger partial charge >= 0.3 is 0 Å². The number of nitrogens with zero attached hydrogens (tertiary/aromatic N) is 1. The monoisotopic (exact) mass is 383 g/mol. The van der Waals surface area contributed by atoms with E-state index < -0.39 is 0 Å². The van der Waals surface area contributed by atoms with E-state index in [2.05, 4.69) is 15.5 Å². The summed E-state index contributed by atoms with van der Waals surface area (Å²) in [7, 11) is 0. The number of aromatic nitrogens is 2. The number of aromatic amines is 1. The SMILES string of the molecule is O=C(NCc1cc(Cl)c2c(c1)OCCCO2)c1cn[nH]c1-c1ccccc1. The van der Waals surface area contributed by atoms with Gasteiger partial charge in [0.1, 0.15) is 0 Å². The fraction of sp³-hybridized carbons (Fsp3) is 0.200. The van der Waals surface area contributed by atoms with Crippen molar-refractivity contribution in [3.63, 3.8) is 0 Å². The summed E-state index contributed by atoms with van der Waals surface area (Å²) >= 11 is 6.31. The Morgan fingerprint density at radius 3 is 2.85 bits per heavy atom. The predicted molar refractivity (Wildman–Crippen MR) is 102 cm³/mol. The molecule has 4 rings (SSSR count). The van der Waals surface area contributed by atoms with Crippen LogP contribution in [-0.2, 0) is 6.54 Å². The Balaban J connectivity index is 1.50. The van der Waals surface area contributed by atoms with Crippen LogP contribution in [0.5, 0.6) is 11.5 Å². The summed E-state index contributed by atoms with van der Waals surface area (Å²) < 4.78 is 11.3. The minimum atomic E-state index is -0.217. The van der Waals surface area contributed by atoms with E-state index in [0.29, 0.717) is 47.5 Å². The molecule has 27 heavy (non-hydrogen) atoms. The highest BCUT2D eigenvalue weighted by atomic mass is 35.5. The van der Waals surface area contributed by atoms with E-state index in [1.165, 1.54) is 6.20 Å². The molecule has 0 spiro atoms. The lowest BCUT2D eigenvalue weighted by molar-refractivity contribution is 0.0951. The van der Waals surface area contributed by atoms with E-state index >= 15 is 0 Å². The van der Waals surface area contributed by atoms with Crippen molar-refractivity contribution in [3.8, 4) is 22.8 Å². The van der Waals surface area contributed by atoms with Gasteiger partial charge in [-0.25, -0.2) is 0 Å². The maximum Gasteiger partial charge on any atom is 0.255 e. The van der Waals surface area contributed by atoms with E-state index in [0.717, 1.165) is 17.5 Å². The van der Waals surface area contributed by atoms with Crippen molar-refractivity contribution < 1.29 is 14.3 Å². The summed E-state index contributed by atoms with van der Waals surface area (Å²) in [6, 6.07) is 13.2. The molecule has 0 saturated heterocycles. The third-order valence-corrected chi connectivity index (χ3v) is 4.54. The van der Waals surface area contributed by atoms with E-state index in [4.69, 9.17) is 21.1 Å². The first-order chi connectivity index (χ1) is 13.2. The molecule has 7 heteroatoms. The van der Waals surface area contributed by atoms with Gasteiger partial charge in [-0.05, 0) is 17.7 Å². The molecule has 0 atom stereocenters. The molecule has 0 unspecified atom stereocenters. The van der Waals surface area contributed by atoms with Crippen LogP contribution in [0.15, 0.2) is 48.7 Å². The number of H-pyrrole nitrogens is 1. The molecule has 0 aliphatic carbocycles. The first-order valence-electron chi connectivity index (χ1n) is 8.67. The van der Waals surface area contributed by atoms with Crippen LogP contribution in [-0.4, -0.2) is 29.3 Å². The number of nitrogens with one attached hydrogen (secondary N) is 2. The van der Waals surface area contributed by atoms with Gasteiger partial charge in [0.2, 0.25) is 0 Å². The third-order valence-electron chi connectivity index (χ3n) is 4.26. The fourth-order valence-electron chi connectivity index (χ4n) is 2.95. The van der Waals surface area contributed by atoms with Crippen molar-refractivity contribution in [2.24, 2.45) is 0 Å². The minimum Gasteiger partial charge on any atom is -0.489 e. The van der Waals surface area contributed by atoms with Gasteiger partial charge in [0.05, 0.1) is 35.7 Å². The predicted octanol–water partition coefficient (Wildman–Crippen LogP) is 3.82. The molecule has 1 aliphatic rings. The van der Waals surface area contributed by atoms with E-state index in [1.807, 2.05) is 36.4 Å². The second-order valence-electron chi connectivity index (χ2n) is 6.16.